The zero-order chi connectivity index (χ0) is 14.4. The number of hydrogen-bond donors (Lipinski definition) is 1. The maximum absolute atomic E-state index is 10.9. The molecule has 0 aliphatic heterocycles. The fourth-order valence-corrected chi connectivity index (χ4v) is 4.99. The summed E-state index contributed by atoms with van der Waals surface area (Å²) in [6.45, 7) is 0. The lowest BCUT2D eigenvalue weighted by Gasteiger charge is -2.17. The van der Waals surface area contributed by atoms with E-state index < -0.39 is 0 Å². The van der Waals surface area contributed by atoms with Crippen molar-refractivity contribution in [3.8, 4) is 0 Å². The molecule has 1 aromatic heterocycles. The number of fused-ring (bicyclic) bond motifs is 2. The highest BCUT2D eigenvalue weighted by molar-refractivity contribution is 9.10. The van der Waals surface area contributed by atoms with Crippen LogP contribution in [0.5, 0.6) is 0 Å². The van der Waals surface area contributed by atoms with Crippen LogP contribution in [0.25, 0.3) is 10.1 Å². The van der Waals surface area contributed by atoms with E-state index in [1.54, 1.807) is 11.3 Å². The molecule has 21 heavy (non-hydrogen) atoms. The summed E-state index contributed by atoms with van der Waals surface area (Å²) in [5.41, 5.74) is 3.86. The molecule has 0 bridgehead atoms. The monoisotopic (exact) mass is 358 g/mol. The Morgan fingerprint density at radius 2 is 1.76 bits per heavy atom. The van der Waals surface area contributed by atoms with Gasteiger partial charge < -0.3 is 5.11 Å². The van der Waals surface area contributed by atoms with Crippen LogP contribution < -0.4 is 0 Å². The van der Waals surface area contributed by atoms with Crippen LogP contribution in [0.1, 0.15) is 22.8 Å². The third-order valence-corrected chi connectivity index (χ3v) is 6.40. The Hall–Kier alpha value is -1.16. The molecule has 0 amide bonds. The van der Waals surface area contributed by atoms with E-state index in [4.69, 9.17) is 0 Å². The molecule has 1 atom stereocenters. The first-order chi connectivity index (χ1) is 10.2. The zero-order valence-electron chi connectivity index (χ0n) is 11.4. The molecule has 0 saturated heterocycles. The van der Waals surface area contributed by atoms with E-state index in [2.05, 4.69) is 57.7 Å². The maximum Gasteiger partial charge on any atom is 0.0838 e. The second kappa shape index (κ2) is 5.24. The van der Waals surface area contributed by atoms with Crippen molar-refractivity contribution in [2.45, 2.75) is 18.9 Å². The number of hydrogen-bond acceptors (Lipinski definition) is 2. The maximum atomic E-state index is 10.9. The first kappa shape index (κ1) is 13.5. The summed E-state index contributed by atoms with van der Waals surface area (Å²) < 4.78 is 2.33. The van der Waals surface area contributed by atoms with Crippen molar-refractivity contribution in [2.75, 3.05) is 0 Å². The Bertz CT molecular complexity index is 783. The molecular formula is C18H15BrOS. The first-order valence-corrected chi connectivity index (χ1v) is 8.82. The second-order valence-electron chi connectivity index (χ2n) is 5.69. The average molecular weight is 359 g/mol. The van der Waals surface area contributed by atoms with Gasteiger partial charge in [-0.15, -0.1) is 11.3 Å². The van der Waals surface area contributed by atoms with Gasteiger partial charge in [-0.1, -0.05) is 36.4 Å². The van der Waals surface area contributed by atoms with Gasteiger partial charge in [0.25, 0.3) is 0 Å². The lowest BCUT2D eigenvalue weighted by molar-refractivity contribution is 0.115. The topological polar surface area (TPSA) is 20.2 Å². The lowest BCUT2D eigenvalue weighted by atomic mass is 9.93. The van der Waals surface area contributed by atoms with E-state index >= 15 is 0 Å². The highest BCUT2D eigenvalue weighted by Gasteiger charge is 2.29. The molecule has 1 heterocycles. The Balaban J connectivity index is 1.69. The number of aliphatic hydroxyl groups is 1. The summed E-state index contributed by atoms with van der Waals surface area (Å²) in [7, 11) is 0. The minimum absolute atomic E-state index is 0.291. The van der Waals surface area contributed by atoms with Crippen LogP contribution in [-0.4, -0.2) is 5.11 Å². The summed E-state index contributed by atoms with van der Waals surface area (Å²) in [4.78, 5) is 0. The number of halogens is 1. The molecule has 0 saturated carbocycles. The Labute approximate surface area is 136 Å². The summed E-state index contributed by atoms with van der Waals surface area (Å²) in [5.74, 6) is 0.291. The van der Waals surface area contributed by atoms with Gasteiger partial charge in [-0.05, 0) is 68.2 Å². The van der Waals surface area contributed by atoms with Gasteiger partial charge in [-0.25, -0.2) is 0 Å². The van der Waals surface area contributed by atoms with Gasteiger partial charge in [-0.3, -0.25) is 0 Å². The van der Waals surface area contributed by atoms with E-state index in [0.717, 1.165) is 22.9 Å². The van der Waals surface area contributed by atoms with Gasteiger partial charge in [0, 0.05) is 9.17 Å². The van der Waals surface area contributed by atoms with Crippen molar-refractivity contribution < 1.29 is 5.11 Å². The largest absolute Gasteiger partial charge is 0.388 e. The molecule has 0 spiro atoms. The van der Waals surface area contributed by atoms with Crippen molar-refractivity contribution in [3.05, 3.63) is 69.0 Å². The fourth-order valence-electron chi connectivity index (χ4n) is 3.34. The standard InChI is InChI=1S/C18H15BrOS/c19-16-7-3-6-14-15(10-21-18(14)16)17(20)13-8-11-4-1-2-5-12(11)9-13/h1-7,10,13,17,20H,8-9H2. The van der Waals surface area contributed by atoms with Gasteiger partial charge in [0.05, 0.1) is 6.10 Å². The van der Waals surface area contributed by atoms with E-state index in [0.29, 0.717) is 5.92 Å². The molecule has 1 aliphatic carbocycles. The molecule has 4 rings (SSSR count). The van der Waals surface area contributed by atoms with Gasteiger partial charge in [0.2, 0.25) is 0 Å². The minimum Gasteiger partial charge on any atom is -0.388 e. The molecule has 1 unspecified atom stereocenters. The van der Waals surface area contributed by atoms with Crippen LogP contribution in [0.3, 0.4) is 0 Å². The molecule has 1 aliphatic rings. The highest BCUT2D eigenvalue weighted by atomic mass is 79.9. The van der Waals surface area contributed by atoms with Crippen LogP contribution >= 0.6 is 27.3 Å². The van der Waals surface area contributed by atoms with Gasteiger partial charge >= 0.3 is 0 Å². The van der Waals surface area contributed by atoms with E-state index in [9.17, 15) is 5.11 Å². The van der Waals surface area contributed by atoms with Gasteiger partial charge in [0.15, 0.2) is 0 Å². The third kappa shape index (κ3) is 2.24. The molecule has 1 N–H and O–H groups in total. The normalized spacial score (nSPS) is 16.3. The predicted molar refractivity (Wildman–Crippen MR) is 91.8 cm³/mol. The summed E-state index contributed by atoms with van der Waals surface area (Å²) in [5, 5.41) is 14.2. The van der Waals surface area contributed by atoms with Gasteiger partial charge in [-0.2, -0.15) is 0 Å². The van der Waals surface area contributed by atoms with Gasteiger partial charge in [0.1, 0.15) is 0 Å². The van der Waals surface area contributed by atoms with E-state index in [-0.39, 0.29) is 6.10 Å². The lowest BCUT2D eigenvalue weighted by Crippen LogP contribution is -2.12. The number of benzene rings is 2. The van der Waals surface area contributed by atoms with Crippen LogP contribution in [0.4, 0.5) is 0 Å². The molecule has 1 nitrogen and oxygen atoms in total. The first-order valence-electron chi connectivity index (χ1n) is 7.14. The van der Waals surface area contributed by atoms with Crippen molar-refractivity contribution in [2.24, 2.45) is 5.92 Å². The molecule has 0 radical (unpaired) electrons. The summed E-state index contributed by atoms with van der Waals surface area (Å²) in [6.07, 6.45) is 1.56. The van der Waals surface area contributed by atoms with Crippen LogP contribution in [0.15, 0.2) is 52.3 Å². The number of rotatable bonds is 2. The highest BCUT2D eigenvalue weighted by Crippen LogP contribution is 2.41. The molecule has 2 aromatic carbocycles. The average Bonchev–Trinajstić information content (AvgIpc) is 3.11. The zero-order valence-corrected chi connectivity index (χ0v) is 13.8. The SMILES string of the molecule is OC(c1csc2c(Br)cccc12)C1Cc2ccccc2C1. The molecule has 106 valence electrons. The molecule has 3 heteroatoms. The van der Waals surface area contributed by atoms with Crippen molar-refractivity contribution in [1.82, 2.24) is 0 Å². The van der Waals surface area contributed by atoms with Crippen LogP contribution in [-0.2, 0) is 12.8 Å². The summed E-state index contributed by atoms with van der Waals surface area (Å²) >= 11 is 5.30. The van der Waals surface area contributed by atoms with Crippen LogP contribution in [0.2, 0.25) is 0 Å². The number of thiophene rings is 1. The van der Waals surface area contributed by atoms with Crippen molar-refractivity contribution in [3.63, 3.8) is 0 Å². The van der Waals surface area contributed by atoms with Crippen molar-refractivity contribution >= 4 is 37.4 Å². The molecule has 3 aromatic rings. The quantitative estimate of drug-likeness (QED) is 0.674. The molecular weight excluding hydrogens is 344 g/mol. The third-order valence-electron chi connectivity index (χ3n) is 4.43. The minimum atomic E-state index is -0.388. The van der Waals surface area contributed by atoms with Crippen molar-refractivity contribution in [1.29, 1.82) is 0 Å². The Kier molecular flexibility index (Phi) is 3.37. The Morgan fingerprint density at radius 3 is 2.48 bits per heavy atom. The fraction of sp³-hybridized carbons (Fsp3) is 0.222. The van der Waals surface area contributed by atoms with E-state index in [1.165, 1.54) is 21.2 Å². The number of aliphatic hydroxyl groups excluding tert-OH is 1. The summed E-state index contributed by atoms with van der Waals surface area (Å²) in [6, 6.07) is 14.8. The predicted octanol–water partition coefficient (Wildman–Crippen LogP) is 5.11. The smallest absolute Gasteiger partial charge is 0.0838 e. The van der Waals surface area contributed by atoms with E-state index in [1.807, 2.05) is 6.07 Å². The van der Waals surface area contributed by atoms with Crippen LogP contribution in [0, 0.1) is 5.92 Å². The Morgan fingerprint density at radius 1 is 1.05 bits per heavy atom. The second-order valence-corrected chi connectivity index (χ2v) is 7.42. The molecule has 0 fully saturated rings.